The molecule has 0 aliphatic rings. The fourth-order valence-corrected chi connectivity index (χ4v) is 0.636. The summed E-state index contributed by atoms with van der Waals surface area (Å²) in [5.74, 6) is 0. The van der Waals surface area contributed by atoms with Crippen LogP contribution in [0.4, 0.5) is 0 Å². The minimum absolute atomic E-state index is 0.184. The number of aliphatic hydroxyl groups excluding tert-OH is 1. The monoisotopic (exact) mass is 150 g/mol. The van der Waals surface area contributed by atoms with E-state index in [4.69, 9.17) is 5.11 Å². The van der Waals surface area contributed by atoms with Crippen molar-refractivity contribution in [2.24, 2.45) is 0 Å². The third kappa shape index (κ3) is 2.11. The Balaban J connectivity index is 4.35. The Morgan fingerprint density at radius 2 is 1.78 bits per heavy atom. The molecule has 0 amide bonds. The van der Waals surface area contributed by atoms with Gasteiger partial charge in [0.25, 0.3) is 0 Å². The maximum absolute atomic E-state index is 11.4. The Hall–Kier alpha value is 0.190. The SMILES string of the molecule is CC(C)(C)[P@@](C)(=O)CO. The standard InChI is InChI=1S/C6H15O2P/c1-6(2,3)9(4,8)5-7/h7H,5H2,1-4H3/t9-/m0/s1. The van der Waals surface area contributed by atoms with Crippen LogP contribution in [0.5, 0.6) is 0 Å². The molecule has 0 bridgehead atoms. The molecule has 0 aromatic carbocycles. The van der Waals surface area contributed by atoms with Gasteiger partial charge < -0.3 is 9.67 Å². The Kier molecular flexibility index (Phi) is 2.48. The first-order valence-electron chi connectivity index (χ1n) is 2.99. The summed E-state index contributed by atoms with van der Waals surface area (Å²) in [6.07, 6.45) is -0.184. The van der Waals surface area contributed by atoms with Crippen LogP contribution in [-0.4, -0.2) is 23.3 Å². The molecule has 2 nitrogen and oxygen atoms in total. The highest BCUT2D eigenvalue weighted by Gasteiger charge is 2.30. The zero-order chi connectivity index (χ0) is 7.71. The number of rotatable bonds is 1. The van der Waals surface area contributed by atoms with Crippen molar-refractivity contribution in [3.63, 3.8) is 0 Å². The van der Waals surface area contributed by atoms with Crippen molar-refractivity contribution in [2.45, 2.75) is 25.9 Å². The van der Waals surface area contributed by atoms with E-state index in [1.165, 1.54) is 0 Å². The molecule has 0 fully saturated rings. The molecule has 0 aliphatic carbocycles. The largest absolute Gasteiger partial charge is 0.389 e. The van der Waals surface area contributed by atoms with Crippen molar-refractivity contribution in [3.05, 3.63) is 0 Å². The molecule has 0 heterocycles. The Labute approximate surface area is 56.6 Å². The predicted octanol–water partition coefficient (Wildman–Crippen LogP) is 1.73. The molecule has 0 saturated heterocycles. The van der Waals surface area contributed by atoms with Crippen molar-refractivity contribution in [1.82, 2.24) is 0 Å². The van der Waals surface area contributed by atoms with E-state index in [0.29, 0.717) is 0 Å². The molecule has 0 aromatic heterocycles. The van der Waals surface area contributed by atoms with Crippen LogP contribution >= 0.6 is 7.14 Å². The lowest BCUT2D eigenvalue weighted by atomic mass is 10.3. The second kappa shape index (κ2) is 2.43. The smallest absolute Gasteiger partial charge is 0.114 e. The first kappa shape index (κ1) is 9.19. The molecule has 0 spiro atoms. The van der Waals surface area contributed by atoms with Crippen LogP contribution in [0, 0.1) is 0 Å². The zero-order valence-electron chi connectivity index (χ0n) is 6.51. The van der Waals surface area contributed by atoms with Crippen molar-refractivity contribution in [3.8, 4) is 0 Å². The molecule has 9 heavy (non-hydrogen) atoms. The maximum Gasteiger partial charge on any atom is 0.114 e. The molecular weight excluding hydrogens is 135 g/mol. The second-order valence-electron chi connectivity index (χ2n) is 3.41. The maximum atomic E-state index is 11.4. The van der Waals surface area contributed by atoms with Gasteiger partial charge in [-0.2, -0.15) is 0 Å². The molecule has 1 atom stereocenters. The van der Waals surface area contributed by atoms with Crippen molar-refractivity contribution in [1.29, 1.82) is 0 Å². The van der Waals surface area contributed by atoms with E-state index in [1.54, 1.807) is 6.66 Å². The van der Waals surface area contributed by atoms with Crippen molar-refractivity contribution in [2.75, 3.05) is 13.0 Å². The fourth-order valence-electron chi connectivity index (χ4n) is 0.212. The molecule has 0 aliphatic heterocycles. The Morgan fingerprint density at radius 3 is 1.78 bits per heavy atom. The molecule has 3 heteroatoms. The molecule has 1 N–H and O–H groups in total. The van der Waals surface area contributed by atoms with Gasteiger partial charge in [-0.15, -0.1) is 0 Å². The van der Waals surface area contributed by atoms with Gasteiger partial charge in [0.2, 0.25) is 0 Å². The van der Waals surface area contributed by atoms with Crippen molar-refractivity contribution < 1.29 is 9.67 Å². The minimum Gasteiger partial charge on any atom is -0.389 e. The second-order valence-corrected chi connectivity index (χ2v) is 7.24. The first-order valence-corrected chi connectivity index (χ1v) is 5.33. The van der Waals surface area contributed by atoms with Gasteiger partial charge in [0, 0.05) is 5.16 Å². The lowest BCUT2D eigenvalue weighted by Gasteiger charge is -2.25. The molecular formula is C6H15O2P. The van der Waals surface area contributed by atoms with E-state index in [1.807, 2.05) is 20.8 Å². The van der Waals surface area contributed by atoms with Gasteiger partial charge in [0.1, 0.15) is 7.14 Å². The van der Waals surface area contributed by atoms with Crippen LogP contribution in [0.1, 0.15) is 20.8 Å². The summed E-state index contributed by atoms with van der Waals surface area (Å²) in [6, 6.07) is 0. The average molecular weight is 150 g/mol. The van der Waals surface area contributed by atoms with Crippen LogP contribution in [0.25, 0.3) is 0 Å². The average Bonchev–Trinajstić information content (AvgIpc) is 1.64. The summed E-state index contributed by atoms with van der Waals surface area (Å²) in [4.78, 5) is 0. The van der Waals surface area contributed by atoms with Gasteiger partial charge in [0.15, 0.2) is 0 Å². The lowest BCUT2D eigenvalue weighted by molar-refractivity contribution is 0.353. The van der Waals surface area contributed by atoms with E-state index in [9.17, 15) is 4.57 Å². The fraction of sp³-hybridized carbons (Fsp3) is 1.00. The molecule has 56 valence electrons. The highest BCUT2D eigenvalue weighted by Crippen LogP contribution is 2.53. The molecule has 0 unspecified atom stereocenters. The van der Waals surface area contributed by atoms with Gasteiger partial charge in [-0.3, -0.25) is 0 Å². The van der Waals surface area contributed by atoms with Gasteiger partial charge in [0.05, 0.1) is 6.35 Å². The van der Waals surface area contributed by atoms with Crippen LogP contribution in [0.3, 0.4) is 0 Å². The topological polar surface area (TPSA) is 37.3 Å². The summed E-state index contributed by atoms with van der Waals surface area (Å²) in [7, 11) is -2.30. The van der Waals surface area contributed by atoms with E-state index in [2.05, 4.69) is 0 Å². The summed E-state index contributed by atoms with van der Waals surface area (Å²) < 4.78 is 11.4. The molecule has 0 saturated carbocycles. The third-order valence-electron chi connectivity index (χ3n) is 1.69. The third-order valence-corrected chi connectivity index (χ3v) is 5.07. The van der Waals surface area contributed by atoms with Gasteiger partial charge in [-0.1, -0.05) is 20.8 Å². The summed E-state index contributed by atoms with van der Waals surface area (Å²) in [6.45, 7) is 7.27. The minimum atomic E-state index is -2.30. The quantitative estimate of drug-likeness (QED) is 0.578. The lowest BCUT2D eigenvalue weighted by Crippen LogP contribution is -2.15. The van der Waals surface area contributed by atoms with Crippen LogP contribution in [0.15, 0.2) is 0 Å². The van der Waals surface area contributed by atoms with Gasteiger partial charge >= 0.3 is 0 Å². The molecule has 0 aromatic rings. The summed E-state index contributed by atoms with van der Waals surface area (Å²) in [5, 5.41) is 8.42. The number of aliphatic hydroxyl groups is 1. The zero-order valence-corrected chi connectivity index (χ0v) is 7.40. The van der Waals surface area contributed by atoms with Crippen molar-refractivity contribution >= 4 is 7.14 Å². The summed E-state index contributed by atoms with van der Waals surface area (Å²) in [5.41, 5.74) is 0. The van der Waals surface area contributed by atoms with Gasteiger partial charge in [-0.05, 0) is 6.66 Å². The molecule has 0 rings (SSSR count). The number of hydrogen-bond donors (Lipinski definition) is 1. The Morgan fingerprint density at radius 1 is 1.44 bits per heavy atom. The first-order chi connectivity index (χ1) is 3.81. The molecule has 0 radical (unpaired) electrons. The highest BCUT2D eigenvalue weighted by molar-refractivity contribution is 7.64. The Bertz CT molecular complexity index is 134. The predicted molar refractivity (Wildman–Crippen MR) is 40.4 cm³/mol. The normalized spacial score (nSPS) is 19.2. The van der Waals surface area contributed by atoms with E-state index in [-0.39, 0.29) is 11.5 Å². The van der Waals surface area contributed by atoms with Gasteiger partial charge in [-0.25, -0.2) is 0 Å². The highest BCUT2D eigenvalue weighted by atomic mass is 31.2. The van der Waals surface area contributed by atoms with Crippen LogP contribution in [-0.2, 0) is 4.57 Å². The number of hydrogen-bond acceptors (Lipinski definition) is 2. The van der Waals surface area contributed by atoms with Crippen LogP contribution < -0.4 is 0 Å². The van der Waals surface area contributed by atoms with Crippen LogP contribution in [0.2, 0.25) is 0 Å². The van der Waals surface area contributed by atoms with E-state index >= 15 is 0 Å². The van der Waals surface area contributed by atoms with E-state index < -0.39 is 7.14 Å². The van der Waals surface area contributed by atoms with E-state index in [0.717, 1.165) is 0 Å². The summed E-state index contributed by atoms with van der Waals surface area (Å²) >= 11 is 0.